The molecule has 0 aromatic heterocycles. The average Bonchev–Trinajstić information content (AvgIpc) is 2.87. The van der Waals surface area contributed by atoms with E-state index in [9.17, 15) is 13.2 Å². The van der Waals surface area contributed by atoms with E-state index in [0.717, 1.165) is 9.87 Å². The molecular formula is C27H31ClN2O5S. The number of halogens is 1. The van der Waals surface area contributed by atoms with Crippen LogP contribution in [0.1, 0.15) is 31.9 Å². The van der Waals surface area contributed by atoms with Crippen LogP contribution in [0.3, 0.4) is 0 Å². The molecule has 3 aromatic carbocycles. The molecule has 0 saturated carbocycles. The minimum absolute atomic E-state index is 0.0416. The highest BCUT2D eigenvalue weighted by Gasteiger charge is 2.28. The molecule has 7 nitrogen and oxygen atoms in total. The summed E-state index contributed by atoms with van der Waals surface area (Å²) in [5.74, 6) is 1.12. The van der Waals surface area contributed by atoms with Crippen LogP contribution in [0.4, 0.5) is 5.69 Å². The van der Waals surface area contributed by atoms with Gasteiger partial charge in [-0.3, -0.25) is 9.10 Å². The van der Waals surface area contributed by atoms with E-state index in [1.807, 2.05) is 24.3 Å². The summed E-state index contributed by atoms with van der Waals surface area (Å²) in [7, 11) is -0.964. The molecule has 3 aromatic rings. The van der Waals surface area contributed by atoms with Crippen LogP contribution in [0.25, 0.3) is 0 Å². The molecule has 36 heavy (non-hydrogen) atoms. The van der Waals surface area contributed by atoms with E-state index in [4.69, 9.17) is 21.1 Å². The highest BCUT2D eigenvalue weighted by atomic mass is 35.5. The van der Waals surface area contributed by atoms with Gasteiger partial charge in [0.1, 0.15) is 18.0 Å². The molecule has 0 heterocycles. The van der Waals surface area contributed by atoms with Gasteiger partial charge in [0, 0.05) is 5.02 Å². The van der Waals surface area contributed by atoms with Crippen molar-refractivity contribution in [2.75, 3.05) is 25.1 Å². The Bertz CT molecular complexity index is 1240. The fourth-order valence-electron chi connectivity index (χ4n) is 3.75. The van der Waals surface area contributed by atoms with Crippen molar-refractivity contribution in [2.24, 2.45) is 5.92 Å². The SMILES string of the molecule is COc1ccc([C@H](CC(C)C)NC(=O)CN(c2ccc(Cl)cc2)S(=O)(=O)c2ccc(OC)cc2)cc1. The summed E-state index contributed by atoms with van der Waals surface area (Å²) >= 11 is 6.02. The van der Waals surface area contributed by atoms with Crippen molar-refractivity contribution >= 4 is 33.2 Å². The van der Waals surface area contributed by atoms with Gasteiger partial charge in [-0.15, -0.1) is 0 Å². The van der Waals surface area contributed by atoms with Crippen molar-refractivity contribution < 1.29 is 22.7 Å². The van der Waals surface area contributed by atoms with Gasteiger partial charge in [-0.2, -0.15) is 0 Å². The first kappa shape index (κ1) is 27.4. The number of nitrogens with one attached hydrogen (secondary N) is 1. The number of amides is 1. The molecule has 0 aliphatic heterocycles. The Morgan fingerprint density at radius 2 is 1.42 bits per heavy atom. The van der Waals surface area contributed by atoms with Crippen molar-refractivity contribution in [1.29, 1.82) is 0 Å². The first-order valence-electron chi connectivity index (χ1n) is 11.5. The van der Waals surface area contributed by atoms with E-state index >= 15 is 0 Å². The zero-order valence-electron chi connectivity index (χ0n) is 20.8. The van der Waals surface area contributed by atoms with Crippen molar-refractivity contribution in [3.8, 4) is 11.5 Å². The molecular weight excluding hydrogens is 500 g/mol. The molecule has 0 fully saturated rings. The molecule has 192 valence electrons. The van der Waals surface area contributed by atoms with Gasteiger partial charge in [0.25, 0.3) is 10.0 Å². The zero-order valence-corrected chi connectivity index (χ0v) is 22.3. The fourth-order valence-corrected chi connectivity index (χ4v) is 5.30. The Labute approximate surface area is 218 Å². The minimum Gasteiger partial charge on any atom is -0.497 e. The molecule has 0 aliphatic carbocycles. The summed E-state index contributed by atoms with van der Waals surface area (Å²) in [6.07, 6.45) is 0.685. The molecule has 3 rings (SSSR count). The van der Waals surface area contributed by atoms with Crippen molar-refractivity contribution in [3.63, 3.8) is 0 Å². The summed E-state index contributed by atoms with van der Waals surface area (Å²) in [6, 6.07) is 19.5. The number of hydrogen-bond donors (Lipinski definition) is 1. The summed E-state index contributed by atoms with van der Waals surface area (Å²) < 4.78 is 38.7. The second kappa shape index (κ2) is 12.1. The number of ether oxygens (including phenoxy) is 2. The van der Waals surface area contributed by atoms with Crippen molar-refractivity contribution in [1.82, 2.24) is 5.32 Å². The topological polar surface area (TPSA) is 84.9 Å². The normalized spacial score (nSPS) is 12.2. The maximum Gasteiger partial charge on any atom is 0.264 e. The van der Waals surface area contributed by atoms with Crippen molar-refractivity contribution in [3.05, 3.63) is 83.4 Å². The fraction of sp³-hybridized carbons (Fsp3) is 0.296. The molecule has 1 N–H and O–H groups in total. The maximum atomic E-state index is 13.6. The lowest BCUT2D eigenvalue weighted by Crippen LogP contribution is -2.42. The monoisotopic (exact) mass is 530 g/mol. The number of methoxy groups -OCH3 is 2. The Morgan fingerprint density at radius 3 is 1.92 bits per heavy atom. The van der Waals surface area contributed by atoms with Crippen LogP contribution < -0.4 is 19.1 Å². The maximum absolute atomic E-state index is 13.6. The number of benzene rings is 3. The summed E-state index contributed by atoms with van der Waals surface area (Å²) in [5.41, 5.74) is 1.24. The lowest BCUT2D eigenvalue weighted by atomic mass is 9.97. The number of nitrogens with zero attached hydrogens (tertiary/aromatic N) is 1. The second-order valence-electron chi connectivity index (χ2n) is 8.69. The van der Waals surface area contributed by atoms with Gasteiger partial charge in [0.2, 0.25) is 5.91 Å². The van der Waals surface area contributed by atoms with Crippen LogP contribution in [-0.2, 0) is 14.8 Å². The average molecular weight is 531 g/mol. The Morgan fingerprint density at radius 1 is 0.889 bits per heavy atom. The summed E-state index contributed by atoms with van der Waals surface area (Å²) in [5, 5.41) is 3.48. The molecule has 0 radical (unpaired) electrons. The third-order valence-electron chi connectivity index (χ3n) is 5.61. The third kappa shape index (κ3) is 6.92. The van der Waals surface area contributed by atoms with Gasteiger partial charge in [-0.05, 0) is 78.6 Å². The van der Waals surface area contributed by atoms with Crippen LogP contribution >= 0.6 is 11.6 Å². The number of carbonyl (C=O) groups excluding carboxylic acids is 1. The Kier molecular flexibility index (Phi) is 9.23. The Hall–Kier alpha value is -3.23. The third-order valence-corrected chi connectivity index (χ3v) is 7.65. The number of sulfonamides is 1. The van der Waals surface area contributed by atoms with Gasteiger partial charge in [0.05, 0.1) is 30.8 Å². The molecule has 1 amide bonds. The van der Waals surface area contributed by atoms with E-state index in [1.165, 1.54) is 19.2 Å². The van der Waals surface area contributed by atoms with Gasteiger partial charge < -0.3 is 14.8 Å². The van der Waals surface area contributed by atoms with E-state index < -0.39 is 22.5 Å². The lowest BCUT2D eigenvalue weighted by Gasteiger charge is -2.27. The quantitative estimate of drug-likeness (QED) is 0.356. The number of rotatable bonds is 11. The molecule has 1 atom stereocenters. The standard InChI is InChI=1S/C27H31ClN2O5S/c1-19(2)17-26(20-5-11-23(34-3)12-6-20)29-27(31)18-30(22-9-7-21(28)8-10-22)36(32,33)25-15-13-24(35-4)14-16-25/h5-16,19,26H,17-18H2,1-4H3,(H,29,31)/t26-/m0/s1. The van der Waals surface area contributed by atoms with Gasteiger partial charge in [0.15, 0.2) is 0 Å². The van der Waals surface area contributed by atoms with Crippen LogP contribution in [0, 0.1) is 5.92 Å². The van der Waals surface area contributed by atoms with Crippen LogP contribution in [-0.4, -0.2) is 35.1 Å². The molecule has 0 saturated heterocycles. The molecule has 0 unspecified atom stereocenters. The highest BCUT2D eigenvalue weighted by Crippen LogP contribution is 2.27. The van der Waals surface area contributed by atoms with E-state index in [0.29, 0.717) is 34.5 Å². The van der Waals surface area contributed by atoms with Crippen LogP contribution in [0.5, 0.6) is 11.5 Å². The highest BCUT2D eigenvalue weighted by molar-refractivity contribution is 7.92. The van der Waals surface area contributed by atoms with E-state index in [1.54, 1.807) is 43.5 Å². The lowest BCUT2D eigenvalue weighted by molar-refractivity contribution is -0.120. The van der Waals surface area contributed by atoms with Gasteiger partial charge in [-0.1, -0.05) is 37.6 Å². The minimum atomic E-state index is -4.06. The van der Waals surface area contributed by atoms with Crippen LogP contribution in [0.15, 0.2) is 77.7 Å². The smallest absolute Gasteiger partial charge is 0.264 e. The van der Waals surface area contributed by atoms with E-state index in [-0.39, 0.29) is 10.9 Å². The van der Waals surface area contributed by atoms with Gasteiger partial charge >= 0.3 is 0 Å². The predicted octanol–water partition coefficient (Wildman–Crippen LogP) is 5.46. The Balaban J connectivity index is 1.91. The zero-order chi connectivity index (χ0) is 26.3. The molecule has 0 bridgehead atoms. The first-order chi connectivity index (χ1) is 17.1. The first-order valence-corrected chi connectivity index (χ1v) is 13.3. The van der Waals surface area contributed by atoms with Gasteiger partial charge in [-0.25, -0.2) is 8.42 Å². The molecule has 9 heteroatoms. The second-order valence-corrected chi connectivity index (χ2v) is 11.0. The summed E-state index contributed by atoms with van der Waals surface area (Å²) in [6.45, 7) is 3.73. The molecule has 0 spiro atoms. The number of hydrogen-bond acceptors (Lipinski definition) is 5. The van der Waals surface area contributed by atoms with Crippen molar-refractivity contribution in [2.45, 2.75) is 31.2 Å². The van der Waals surface area contributed by atoms with E-state index in [2.05, 4.69) is 19.2 Å². The molecule has 0 aliphatic rings. The number of anilines is 1. The predicted molar refractivity (Wildman–Crippen MR) is 142 cm³/mol. The number of carbonyl (C=O) groups is 1. The van der Waals surface area contributed by atoms with Crippen LogP contribution in [0.2, 0.25) is 5.02 Å². The summed E-state index contributed by atoms with van der Waals surface area (Å²) in [4.78, 5) is 13.3. The largest absolute Gasteiger partial charge is 0.497 e.